The van der Waals surface area contributed by atoms with E-state index in [1.54, 1.807) is 0 Å². The minimum Gasteiger partial charge on any atom is -0.252 e. The molecule has 2 heteroatoms. The summed E-state index contributed by atoms with van der Waals surface area (Å²) in [5, 5.41) is 10.4. The van der Waals surface area contributed by atoms with Gasteiger partial charge in [-0.05, 0) is 89.6 Å². The Balaban J connectivity index is 1.09. The van der Waals surface area contributed by atoms with Crippen LogP contribution in [0.15, 0.2) is 157 Å². The molecule has 0 fully saturated rings. The second-order valence-electron chi connectivity index (χ2n) is 13.2. The number of aromatic nitrogens is 1. The van der Waals surface area contributed by atoms with E-state index in [2.05, 4.69) is 152 Å². The highest BCUT2D eigenvalue weighted by molar-refractivity contribution is 6.34. The number of rotatable bonds is 2. The Bertz CT molecular complexity index is 2770. The SMILES string of the molecule is c1cc(-c2ccc3c(c2)-c2ccccc2C2CC3=Nc3ccccc32)nc(-c2ccc3c4cccc5cccc(c6cccc2c63)c54)c1. The van der Waals surface area contributed by atoms with Gasteiger partial charge >= 0.3 is 0 Å². The molecule has 0 radical (unpaired) electrons. The summed E-state index contributed by atoms with van der Waals surface area (Å²) in [6.45, 7) is 0. The largest absolute Gasteiger partial charge is 0.252 e. The van der Waals surface area contributed by atoms with Crippen molar-refractivity contribution >= 4 is 54.5 Å². The van der Waals surface area contributed by atoms with E-state index >= 15 is 0 Å². The Morgan fingerprint density at radius 1 is 0.438 bits per heavy atom. The lowest BCUT2D eigenvalue weighted by molar-refractivity contribution is 0.847. The van der Waals surface area contributed by atoms with Gasteiger partial charge in [0, 0.05) is 34.7 Å². The molecule has 0 saturated carbocycles. The second kappa shape index (κ2) is 9.70. The summed E-state index contributed by atoms with van der Waals surface area (Å²) >= 11 is 0. The average Bonchev–Trinajstić information content (AvgIpc) is 3.26. The van der Waals surface area contributed by atoms with Crippen molar-refractivity contribution in [2.45, 2.75) is 12.3 Å². The van der Waals surface area contributed by atoms with Crippen LogP contribution in [0.3, 0.4) is 0 Å². The van der Waals surface area contributed by atoms with Crippen LogP contribution in [-0.4, -0.2) is 10.7 Å². The first kappa shape index (κ1) is 26.0. The summed E-state index contributed by atoms with van der Waals surface area (Å²) in [5.41, 5.74) is 12.9. The molecule has 0 N–H and O–H groups in total. The summed E-state index contributed by atoms with van der Waals surface area (Å²) in [7, 11) is 0. The van der Waals surface area contributed by atoms with E-state index in [4.69, 9.17) is 9.98 Å². The van der Waals surface area contributed by atoms with Gasteiger partial charge in [-0.3, -0.25) is 4.99 Å². The third-order valence-corrected chi connectivity index (χ3v) is 10.8. The van der Waals surface area contributed by atoms with Crippen molar-refractivity contribution in [2.75, 3.05) is 0 Å². The van der Waals surface area contributed by atoms with Gasteiger partial charge in [0.05, 0.1) is 17.1 Å². The molecule has 2 bridgehead atoms. The van der Waals surface area contributed by atoms with Gasteiger partial charge < -0.3 is 0 Å². The van der Waals surface area contributed by atoms with E-state index < -0.39 is 0 Å². The van der Waals surface area contributed by atoms with E-state index in [9.17, 15) is 0 Å². The van der Waals surface area contributed by atoms with Crippen LogP contribution in [0.25, 0.3) is 76.7 Å². The van der Waals surface area contributed by atoms with E-state index in [0.717, 1.165) is 34.6 Å². The smallest absolute Gasteiger partial charge is 0.0715 e. The first-order valence-electron chi connectivity index (χ1n) is 16.8. The Morgan fingerprint density at radius 3 is 1.98 bits per heavy atom. The Hall–Kier alpha value is -6.12. The van der Waals surface area contributed by atoms with Gasteiger partial charge in [0.2, 0.25) is 0 Å². The summed E-state index contributed by atoms with van der Waals surface area (Å²) in [5.74, 6) is 0.300. The van der Waals surface area contributed by atoms with Crippen LogP contribution in [0.2, 0.25) is 0 Å². The molecule has 1 atom stereocenters. The molecular weight excluding hydrogens is 581 g/mol. The number of hydrogen-bond donors (Lipinski definition) is 0. The van der Waals surface area contributed by atoms with Gasteiger partial charge in [0.15, 0.2) is 0 Å². The van der Waals surface area contributed by atoms with Crippen LogP contribution >= 0.6 is 0 Å². The molecule has 2 aliphatic rings. The molecule has 222 valence electrons. The van der Waals surface area contributed by atoms with Crippen molar-refractivity contribution in [2.24, 2.45) is 4.99 Å². The van der Waals surface area contributed by atoms with Gasteiger partial charge in [-0.15, -0.1) is 0 Å². The maximum Gasteiger partial charge on any atom is 0.0715 e. The molecule has 11 rings (SSSR count). The Morgan fingerprint density at radius 2 is 1.10 bits per heavy atom. The molecular formula is C46H28N2. The monoisotopic (exact) mass is 608 g/mol. The van der Waals surface area contributed by atoms with Gasteiger partial charge in [-0.2, -0.15) is 0 Å². The molecule has 0 amide bonds. The van der Waals surface area contributed by atoms with Gasteiger partial charge in [0.1, 0.15) is 0 Å². The molecule has 0 saturated heterocycles. The summed E-state index contributed by atoms with van der Waals surface area (Å²) in [4.78, 5) is 10.5. The molecule has 1 unspecified atom stereocenters. The number of aliphatic imine (C=N–C) groups is 1. The Labute approximate surface area is 278 Å². The highest BCUT2D eigenvalue weighted by Crippen LogP contribution is 2.48. The number of nitrogens with zero attached hydrogens (tertiary/aromatic N) is 2. The van der Waals surface area contributed by atoms with Crippen molar-refractivity contribution in [3.8, 4) is 33.6 Å². The quantitative estimate of drug-likeness (QED) is 0.142. The normalized spacial score (nSPS) is 14.9. The number of hydrogen-bond acceptors (Lipinski definition) is 2. The predicted octanol–water partition coefficient (Wildman–Crippen LogP) is 12.1. The van der Waals surface area contributed by atoms with Gasteiger partial charge in [-0.1, -0.05) is 127 Å². The van der Waals surface area contributed by atoms with Crippen molar-refractivity contribution in [1.29, 1.82) is 0 Å². The molecule has 8 aromatic carbocycles. The first-order valence-corrected chi connectivity index (χ1v) is 16.8. The molecule has 48 heavy (non-hydrogen) atoms. The van der Waals surface area contributed by atoms with Gasteiger partial charge in [0.25, 0.3) is 0 Å². The highest BCUT2D eigenvalue weighted by Gasteiger charge is 2.31. The first-order chi connectivity index (χ1) is 23.8. The van der Waals surface area contributed by atoms with Crippen molar-refractivity contribution in [3.63, 3.8) is 0 Å². The molecule has 1 aromatic heterocycles. The van der Waals surface area contributed by atoms with Crippen molar-refractivity contribution < 1.29 is 0 Å². The zero-order valence-electron chi connectivity index (χ0n) is 26.1. The van der Waals surface area contributed by atoms with Crippen LogP contribution in [0.1, 0.15) is 29.0 Å². The van der Waals surface area contributed by atoms with Gasteiger partial charge in [-0.25, -0.2) is 4.98 Å². The second-order valence-corrected chi connectivity index (χ2v) is 13.2. The molecule has 0 spiro atoms. The molecule has 2 nitrogen and oxygen atoms in total. The fourth-order valence-electron chi connectivity index (χ4n) is 8.66. The van der Waals surface area contributed by atoms with E-state index in [1.807, 2.05) is 0 Å². The fraction of sp³-hybridized carbons (Fsp3) is 0.0435. The minimum atomic E-state index is 0.300. The van der Waals surface area contributed by atoms with Crippen LogP contribution in [-0.2, 0) is 0 Å². The standard InChI is InChI=1S/C46H28N2/c1-2-12-30-29(11-1)39-25-28(21-22-33(39)44-26-40(30)31-13-3-4-18-42(31)48-44)41-19-8-20-43(47-41)32-23-24-38-36-15-6-10-27-9-5-14-35(45(27)36)37-17-7-16-34(32)46(37)38/h1-25,40H,26H2. The Kier molecular flexibility index (Phi) is 5.25. The summed E-state index contributed by atoms with van der Waals surface area (Å²) < 4.78 is 0. The third-order valence-electron chi connectivity index (χ3n) is 10.8. The number of fused-ring (bicyclic) bond motifs is 11. The van der Waals surface area contributed by atoms with Crippen molar-refractivity contribution in [1.82, 2.24) is 4.98 Å². The summed E-state index contributed by atoms with van der Waals surface area (Å²) in [6, 6.07) is 55.4. The zero-order chi connectivity index (χ0) is 31.3. The van der Waals surface area contributed by atoms with Crippen LogP contribution in [0, 0.1) is 0 Å². The lowest BCUT2D eigenvalue weighted by atomic mass is 9.83. The molecule has 9 aromatic rings. The minimum absolute atomic E-state index is 0.300. The molecule has 1 aliphatic carbocycles. The van der Waals surface area contributed by atoms with Crippen LogP contribution < -0.4 is 0 Å². The fourth-order valence-corrected chi connectivity index (χ4v) is 8.66. The highest BCUT2D eigenvalue weighted by atomic mass is 14.8. The number of benzene rings is 8. The molecule has 1 aliphatic heterocycles. The number of para-hydroxylation sites is 1. The summed E-state index contributed by atoms with van der Waals surface area (Å²) in [6.07, 6.45) is 0.915. The van der Waals surface area contributed by atoms with Crippen LogP contribution in [0.5, 0.6) is 0 Å². The third kappa shape index (κ3) is 3.57. The van der Waals surface area contributed by atoms with E-state index in [1.165, 1.54) is 76.6 Å². The maximum absolute atomic E-state index is 5.35. The van der Waals surface area contributed by atoms with Crippen molar-refractivity contribution in [3.05, 3.63) is 168 Å². The van der Waals surface area contributed by atoms with Crippen LogP contribution in [0.4, 0.5) is 5.69 Å². The lowest BCUT2D eigenvalue weighted by Gasteiger charge is -2.24. The molecule has 2 heterocycles. The topological polar surface area (TPSA) is 25.2 Å². The van der Waals surface area contributed by atoms with E-state index in [0.29, 0.717) is 5.92 Å². The number of pyridine rings is 1. The van der Waals surface area contributed by atoms with E-state index in [-0.39, 0.29) is 0 Å². The maximum atomic E-state index is 5.35. The average molecular weight is 609 g/mol. The predicted molar refractivity (Wildman–Crippen MR) is 201 cm³/mol. The lowest BCUT2D eigenvalue weighted by Crippen LogP contribution is -2.12. The zero-order valence-corrected chi connectivity index (χ0v) is 26.1.